The summed E-state index contributed by atoms with van der Waals surface area (Å²) in [5, 5.41) is 7.00. The lowest BCUT2D eigenvalue weighted by Crippen LogP contribution is -2.43. The zero-order chi connectivity index (χ0) is 17.7. The fraction of sp³-hybridized carbons (Fsp3) is 0.474. The van der Waals surface area contributed by atoms with Gasteiger partial charge in [-0.15, -0.1) is 0 Å². The van der Waals surface area contributed by atoms with Crippen LogP contribution < -0.4 is 5.32 Å². The van der Waals surface area contributed by atoms with E-state index >= 15 is 0 Å². The van der Waals surface area contributed by atoms with Crippen LogP contribution in [0.2, 0.25) is 0 Å². The molecule has 1 aromatic heterocycles. The third kappa shape index (κ3) is 3.91. The summed E-state index contributed by atoms with van der Waals surface area (Å²) < 4.78 is 10.7. The monoisotopic (exact) mass is 343 g/mol. The molecule has 0 radical (unpaired) electrons. The Morgan fingerprint density at radius 2 is 2.20 bits per heavy atom. The quantitative estimate of drug-likeness (QED) is 0.832. The molecule has 0 saturated carbocycles. The summed E-state index contributed by atoms with van der Waals surface area (Å²) in [4.78, 5) is 14.9. The maximum absolute atomic E-state index is 12.6. The molecular weight excluding hydrogens is 318 g/mol. The van der Waals surface area contributed by atoms with E-state index in [2.05, 4.69) is 15.4 Å². The van der Waals surface area contributed by atoms with E-state index in [1.165, 1.54) is 0 Å². The zero-order valence-electron chi connectivity index (χ0n) is 14.8. The van der Waals surface area contributed by atoms with Gasteiger partial charge in [-0.25, -0.2) is 0 Å². The Morgan fingerprint density at radius 3 is 2.92 bits per heavy atom. The van der Waals surface area contributed by atoms with Crippen molar-refractivity contribution < 1.29 is 14.1 Å². The van der Waals surface area contributed by atoms with Gasteiger partial charge in [0.1, 0.15) is 11.5 Å². The van der Waals surface area contributed by atoms with Crippen LogP contribution in [0.15, 0.2) is 40.9 Å². The number of nitrogens with zero attached hydrogens (tertiary/aromatic N) is 2. The Morgan fingerprint density at radius 1 is 1.40 bits per heavy atom. The number of rotatable bonds is 7. The summed E-state index contributed by atoms with van der Waals surface area (Å²) in [7, 11) is 3.39. The molecule has 0 spiro atoms. The average Bonchev–Trinajstić information content (AvgIpc) is 3.28. The molecule has 1 aromatic carbocycles. The van der Waals surface area contributed by atoms with Gasteiger partial charge in [0.15, 0.2) is 0 Å². The van der Waals surface area contributed by atoms with E-state index in [4.69, 9.17) is 9.26 Å². The smallest absolute Gasteiger partial charge is 0.227 e. The van der Waals surface area contributed by atoms with Crippen molar-refractivity contribution in [3.63, 3.8) is 0 Å². The highest BCUT2D eigenvalue weighted by atomic mass is 16.5. The highest BCUT2D eigenvalue weighted by molar-refractivity contribution is 5.83. The second-order valence-corrected chi connectivity index (χ2v) is 6.60. The van der Waals surface area contributed by atoms with Gasteiger partial charge in [-0.1, -0.05) is 35.5 Å². The van der Waals surface area contributed by atoms with Crippen LogP contribution in [0, 0.1) is 5.41 Å². The number of nitrogens with one attached hydrogen (secondary N) is 1. The van der Waals surface area contributed by atoms with Crippen molar-refractivity contribution in [1.82, 2.24) is 15.4 Å². The number of ether oxygens (including phenoxy) is 1. The van der Waals surface area contributed by atoms with E-state index in [-0.39, 0.29) is 5.91 Å². The minimum Gasteiger partial charge on any atom is -0.383 e. The van der Waals surface area contributed by atoms with Gasteiger partial charge in [0.05, 0.1) is 12.0 Å². The molecule has 25 heavy (non-hydrogen) atoms. The van der Waals surface area contributed by atoms with E-state index in [1.54, 1.807) is 14.2 Å². The van der Waals surface area contributed by atoms with Crippen LogP contribution in [0.5, 0.6) is 0 Å². The van der Waals surface area contributed by atoms with Crippen LogP contribution in [0.3, 0.4) is 0 Å². The summed E-state index contributed by atoms with van der Waals surface area (Å²) >= 11 is 0. The minimum atomic E-state index is -0.476. The zero-order valence-corrected chi connectivity index (χ0v) is 14.8. The topological polar surface area (TPSA) is 67.6 Å². The molecule has 1 fully saturated rings. The van der Waals surface area contributed by atoms with Crippen LogP contribution >= 0.6 is 0 Å². The highest BCUT2D eigenvalue weighted by Gasteiger charge is 2.44. The van der Waals surface area contributed by atoms with Gasteiger partial charge in [-0.05, 0) is 13.0 Å². The standard InChI is InChI=1S/C19H25N3O3/c1-20-18(23)19(8-9-22(14-19)10-11-24-2)13-16-12-17(21-25-16)15-6-4-3-5-7-15/h3-7,12H,8-11,13-14H2,1-2H3,(H,20,23). The van der Waals surface area contributed by atoms with E-state index < -0.39 is 5.41 Å². The number of benzene rings is 1. The molecule has 1 aliphatic rings. The Hall–Kier alpha value is -2.18. The normalized spacial score (nSPS) is 20.7. The first-order valence-electron chi connectivity index (χ1n) is 8.61. The lowest BCUT2D eigenvalue weighted by atomic mass is 9.81. The molecule has 2 heterocycles. The fourth-order valence-corrected chi connectivity index (χ4v) is 3.52. The predicted molar refractivity (Wildman–Crippen MR) is 95.1 cm³/mol. The molecule has 1 unspecified atom stereocenters. The Labute approximate surface area is 148 Å². The van der Waals surface area contributed by atoms with Crippen molar-refractivity contribution in [3.8, 4) is 11.3 Å². The van der Waals surface area contributed by atoms with Crippen LogP contribution in [0.4, 0.5) is 0 Å². The van der Waals surface area contributed by atoms with Crippen molar-refractivity contribution in [2.24, 2.45) is 5.41 Å². The summed E-state index contributed by atoms with van der Waals surface area (Å²) in [6.45, 7) is 3.10. The molecule has 134 valence electrons. The van der Waals surface area contributed by atoms with Gasteiger partial charge < -0.3 is 14.6 Å². The molecular formula is C19H25N3O3. The molecule has 1 saturated heterocycles. The second kappa shape index (κ2) is 7.80. The lowest BCUT2D eigenvalue weighted by molar-refractivity contribution is -0.130. The number of amides is 1. The van der Waals surface area contributed by atoms with Gasteiger partial charge in [-0.3, -0.25) is 9.69 Å². The minimum absolute atomic E-state index is 0.0603. The number of carbonyl (C=O) groups is 1. The molecule has 3 rings (SSSR count). The molecule has 1 amide bonds. The van der Waals surface area contributed by atoms with E-state index in [0.717, 1.165) is 36.5 Å². The Bertz CT molecular complexity index is 701. The number of aromatic nitrogens is 1. The SMILES string of the molecule is CNC(=O)C1(Cc2cc(-c3ccccc3)no2)CCN(CCOC)C1. The fourth-order valence-electron chi connectivity index (χ4n) is 3.52. The first-order valence-corrected chi connectivity index (χ1v) is 8.61. The summed E-state index contributed by atoms with van der Waals surface area (Å²) in [6.07, 6.45) is 1.35. The van der Waals surface area contributed by atoms with Crippen LogP contribution in [-0.4, -0.2) is 56.4 Å². The Kier molecular flexibility index (Phi) is 5.50. The number of hydrogen-bond donors (Lipinski definition) is 1. The molecule has 6 heteroatoms. The first-order chi connectivity index (χ1) is 12.2. The van der Waals surface area contributed by atoms with E-state index in [0.29, 0.717) is 19.6 Å². The van der Waals surface area contributed by atoms with E-state index in [1.807, 2.05) is 36.4 Å². The summed E-state index contributed by atoms with van der Waals surface area (Å²) in [5.41, 5.74) is 1.34. The summed E-state index contributed by atoms with van der Waals surface area (Å²) in [6, 6.07) is 11.9. The van der Waals surface area contributed by atoms with Gasteiger partial charge >= 0.3 is 0 Å². The number of hydrogen-bond acceptors (Lipinski definition) is 5. The largest absolute Gasteiger partial charge is 0.383 e. The van der Waals surface area contributed by atoms with Crippen LogP contribution in [0.25, 0.3) is 11.3 Å². The second-order valence-electron chi connectivity index (χ2n) is 6.60. The number of methoxy groups -OCH3 is 1. The number of carbonyl (C=O) groups excluding carboxylic acids is 1. The molecule has 1 aliphatic heterocycles. The maximum atomic E-state index is 12.6. The third-order valence-corrected chi connectivity index (χ3v) is 4.89. The van der Waals surface area contributed by atoms with Crippen molar-refractivity contribution >= 4 is 5.91 Å². The van der Waals surface area contributed by atoms with Gasteiger partial charge in [-0.2, -0.15) is 0 Å². The first kappa shape index (κ1) is 17.6. The molecule has 0 bridgehead atoms. The summed E-state index contributed by atoms with van der Waals surface area (Å²) in [5.74, 6) is 0.807. The average molecular weight is 343 g/mol. The number of likely N-dealkylation sites (tertiary alicyclic amines) is 1. The molecule has 6 nitrogen and oxygen atoms in total. The maximum Gasteiger partial charge on any atom is 0.227 e. The highest BCUT2D eigenvalue weighted by Crippen LogP contribution is 2.35. The van der Waals surface area contributed by atoms with Crippen LogP contribution in [-0.2, 0) is 16.0 Å². The van der Waals surface area contributed by atoms with Gasteiger partial charge in [0, 0.05) is 45.3 Å². The van der Waals surface area contributed by atoms with Crippen molar-refractivity contribution in [2.75, 3.05) is 40.4 Å². The molecule has 1 atom stereocenters. The van der Waals surface area contributed by atoms with Crippen molar-refractivity contribution in [1.29, 1.82) is 0 Å². The van der Waals surface area contributed by atoms with Crippen molar-refractivity contribution in [2.45, 2.75) is 12.8 Å². The Balaban J connectivity index is 1.76. The molecule has 1 N–H and O–H groups in total. The van der Waals surface area contributed by atoms with Gasteiger partial charge in [0.2, 0.25) is 5.91 Å². The molecule has 2 aromatic rings. The van der Waals surface area contributed by atoms with Crippen LogP contribution in [0.1, 0.15) is 12.2 Å². The third-order valence-electron chi connectivity index (χ3n) is 4.89. The van der Waals surface area contributed by atoms with Gasteiger partial charge in [0.25, 0.3) is 0 Å². The molecule has 0 aliphatic carbocycles. The van der Waals surface area contributed by atoms with E-state index in [9.17, 15) is 4.79 Å². The van der Waals surface area contributed by atoms with Crippen molar-refractivity contribution in [3.05, 3.63) is 42.2 Å². The predicted octanol–water partition coefficient (Wildman–Crippen LogP) is 1.97. The lowest BCUT2D eigenvalue weighted by Gasteiger charge is -2.26.